The molecule has 0 fully saturated rings. The molecule has 0 aliphatic heterocycles. The summed E-state index contributed by atoms with van der Waals surface area (Å²) in [5.74, 6) is 0. The summed E-state index contributed by atoms with van der Waals surface area (Å²) in [5, 5.41) is 1.07. The van der Waals surface area contributed by atoms with Crippen molar-refractivity contribution >= 4 is 11.0 Å². The molecule has 1 aromatic heterocycles. The lowest BCUT2D eigenvalue weighted by Gasteiger charge is -2.08. The Morgan fingerprint density at radius 1 is 1.43 bits per heavy atom. The minimum Gasteiger partial charge on any atom is -0.464 e. The summed E-state index contributed by atoms with van der Waals surface area (Å²) in [7, 11) is 0. The Morgan fingerprint density at radius 3 is 2.86 bits per heavy atom. The van der Waals surface area contributed by atoms with Gasteiger partial charge in [0.15, 0.2) is 0 Å². The van der Waals surface area contributed by atoms with Gasteiger partial charge in [0.25, 0.3) is 0 Å². The summed E-state index contributed by atoms with van der Waals surface area (Å²) >= 11 is 0. The molecular formula is C12H13NO. The Bertz CT molecular complexity index is 470. The highest BCUT2D eigenvalue weighted by molar-refractivity contribution is 5.81. The first-order valence-corrected chi connectivity index (χ1v) is 4.57. The zero-order valence-corrected chi connectivity index (χ0v) is 8.16. The van der Waals surface area contributed by atoms with Crippen LogP contribution in [0.1, 0.15) is 18.5 Å². The summed E-state index contributed by atoms with van der Waals surface area (Å²) < 4.78 is 5.40. The number of hydrogen-bond donors (Lipinski definition) is 1. The molecule has 1 atom stereocenters. The molecular weight excluding hydrogens is 174 g/mol. The molecule has 1 heterocycles. The molecule has 0 radical (unpaired) electrons. The zero-order chi connectivity index (χ0) is 10.1. The monoisotopic (exact) mass is 187 g/mol. The molecule has 2 nitrogen and oxygen atoms in total. The van der Waals surface area contributed by atoms with Crippen LogP contribution in [-0.2, 0) is 0 Å². The van der Waals surface area contributed by atoms with Crippen molar-refractivity contribution in [3.05, 3.63) is 48.2 Å². The summed E-state index contributed by atoms with van der Waals surface area (Å²) in [5.41, 5.74) is 8.81. The van der Waals surface area contributed by atoms with Gasteiger partial charge in [0, 0.05) is 10.9 Å². The number of hydrogen-bond acceptors (Lipinski definition) is 2. The second-order valence-electron chi connectivity index (χ2n) is 3.51. The number of benzene rings is 1. The third kappa shape index (κ3) is 1.34. The first kappa shape index (κ1) is 9.03. The lowest BCUT2D eigenvalue weighted by Crippen LogP contribution is -2.09. The van der Waals surface area contributed by atoms with Crippen molar-refractivity contribution in [1.82, 2.24) is 0 Å². The van der Waals surface area contributed by atoms with E-state index in [1.165, 1.54) is 0 Å². The molecule has 0 saturated carbocycles. The van der Waals surface area contributed by atoms with Crippen LogP contribution in [0.4, 0.5) is 0 Å². The molecule has 2 rings (SSSR count). The number of fused-ring (bicyclic) bond motifs is 1. The Labute approximate surface area is 83.0 Å². The smallest absolute Gasteiger partial charge is 0.134 e. The van der Waals surface area contributed by atoms with Gasteiger partial charge in [-0.2, -0.15) is 0 Å². The van der Waals surface area contributed by atoms with E-state index >= 15 is 0 Å². The van der Waals surface area contributed by atoms with Gasteiger partial charge in [-0.15, -0.1) is 0 Å². The van der Waals surface area contributed by atoms with E-state index in [0.29, 0.717) is 0 Å². The normalized spacial score (nSPS) is 13.0. The molecule has 2 heteroatoms. The van der Waals surface area contributed by atoms with Crippen molar-refractivity contribution < 1.29 is 4.42 Å². The highest BCUT2D eigenvalue weighted by Crippen LogP contribution is 2.27. The average Bonchev–Trinajstić information content (AvgIpc) is 2.60. The molecule has 14 heavy (non-hydrogen) atoms. The molecule has 1 aromatic carbocycles. The van der Waals surface area contributed by atoms with Crippen LogP contribution in [0.2, 0.25) is 0 Å². The second-order valence-corrected chi connectivity index (χ2v) is 3.51. The molecule has 0 amide bonds. The number of rotatable bonds is 2. The van der Waals surface area contributed by atoms with Gasteiger partial charge in [0.2, 0.25) is 0 Å². The van der Waals surface area contributed by atoms with Crippen LogP contribution in [0.5, 0.6) is 0 Å². The maximum atomic E-state index is 5.99. The van der Waals surface area contributed by atoms with E-state index in [1.54, 1.807) is 6.26 Å². The summed E-state index contributed by atoms with van der Waals surface area (Å²) in [6.45, 7) is 5.77. The van der Waals surface area contributed by atoms with Crippen molar-refractivity contribution in [1.29, 1.82) is 0 Å². The highest BCUT2D eigenvalue weighted by Gasteiger charge is 2.12. The maximum absolute atomic E-state index is 5.99. The van der Waals surface area contributed by atoms with E-state index in [-0.39, 0.29) is 6.04 Å². The lowest BCUT2D eigenvalue weighted by atomic mass is 10.0. The Kier molecular flexibility index (Phi) is 2.14. The largest absolute Gasteiger partial charge is 0.464 e. The lowest BCUT2D eigenvalue weighted by molar-refractivity contribution is 0.606. The van der Waals surface area contributed by atoms with Gasteiger partial charge in [-0.3, -0.25) is 0 Å². The molecule has 0 aliphatic carbocycles. The van der Waals surface area contributed by atoms with Crippen molar-refractivity contribution in [3.8, 4) is 0 Å². The van der Waals surface area contributed by atoms with Crippen molar-refractivity contribution in [3.63, 3.8) is 0 Å². The predicted octanol–water partition coefficient (Wildman–Crippen LogP) is 3.01. The molecule has 1 unspecified atom stereocenters. The van der Waals surface area contributed by atoms with Crippen molar-refractivity contribution in [2.45, 2.75) is 13.0 Å². The quantitative estimate of drug-likeness (QED) is 0.734. The Hall–Kier alpha value is -1.54. The molecule has 0 spiro atoms. The van der Waals surface area contributed by atoms with Crippen LogP contribution >= 0.6 is 0 Å². The molecule has 0 aliphatic rings. The van der Waals surface area contributed by atoms with Gasteiger partial charge in [0.05, 0.1) is 12.3 Å². The summed E-state index contributed by atoms with van der Waals surface area (Å²) in [6, 6.07) is 7.73. The Balaban J connectivity index is 2.58. The first-order valence-electron chi connectivity index (χ1n) is 4.57. The topological polar surface area (TPSA) is 39.2 Å². The van der Waals surface area contributed by atoms with E-state index in [1.807, 2.05) is 31.2 Å². The van der Waals surface area contributed by atoms with Gasteiger partial charge in [-0.1, -0.05) is 30.4 Å². The fraction of sp³-hybridized carbons (Fsp3) is 0.167. The minimum absolute atomic E-state index is 0.140. The van der Waals surface area contributed by atoms with Crippen LogP contribution in [0.15, 0.2) is 47.1 Å². The van der Waals surface area contributed by atoms with Crippen molar-refractivity contribution in [2.24, 2.45) is 5.73 Å². The van der Waals surface area contributed by atoms with Gasteiger partial charge in [-0.05, 0) is 13.0 Å². The van der Waals surface area contributed by atoms with E-state index in [9.17, 15) is 0 Å². The number of nitrogens with two attached hydrogens (primary N) is 1. The maximum Gasteiger partial charge on any atom is 0.134 e. The van der Waals surface area contributed by atoms with Gasteiger partial charge >= 0.3 is 0 Å². The SMILES string of the molecule is C=C(C)C(N)c1coc2ccccc12. The van der Waals surface area contributed by atoms with Crippen LogP contribution in [0, 0.1) is 0 Å². The predicted molar refractivity (Wildman–Crippen MR) is 58.0 cm³/mol. The second kappa shape index (κ2) is 3.31. The molecule has 72 valence electrons. The highest BCUT2D eigenvalue weighted by atomic mass is 16.3. The third-order valence-corrected chi connectivity index (χ3v) is 2.38. The van der Waals surface area contributed by atoms with Gasteiger partial charge in [-0.25, -0.2) is 0 Å². The zero-order valence-electron chi connectivity index (χ0n) is 8.16. The first-order chi connectivity index (χ1) is 6.70. The van der Waals surface area contributed by atoms with Crippen molar-refractivity contribution in [2.75, 3.05) is 0 Å². The van der Waals surface area contributed by atoms with Crippen LogP contribution in [-0.4, -0.2) is 0 Å². The standard InChI is InChI=1S/C12H13NO/c1-8(2)12(13)10-7-14-11-6-4-3-5-9(10)11/h3-7,12H,1,13H2,2H3. The van der Waals surface area contributed by atoms with Crippen LogP contribution < -0.4 is 5.73 Å². The van der Waals surface area contributed by atoms with Crippen LogP contribution in [0.3, 0.4) is 0 Å². The van der Waals surface area contributed by atoms with Gasteiger partial charge < -0.3 is 10.2 Å². The molecule has 0 bridgehead atoms. The van der Waals surface area contributed by atoms with Crippen LogP contribution in [0.25, 0.3) is 11.0 Å². The Morgan fingerprint density at radius 2 is 2.14 bits per heavy atom. The fourth-order valence-electron chi connectivity index (χ4n) is 1.50. The third-order valence-electron chi connectivity index (χ3n) is 2.38. The van der Waals surface area contributed by atoms with E-state index < -0.39 is 0 Å². The summed E-state index contributed by atoms with van der Waals surface area (Å²) in [4.78, 5) is 0. The van der Waals surface area contributed by atoms with Gasteiger partial charge in [0.1, 0.15) is 5.58 Å². The number of para-hydroxylation sites is 1. The molecule has 0 saturated heterocycles. The summed E-state index contributed by atoms with van der Waals surface area (Å²) in [6.07, 6.45) is 1.71. The van der Waals surface area contributed by atoms with E-state index in [4.69, 9.17) is 10.2 Å². The fourth-order valence-corrected chi connectivity index (χ4v) is 1.50. The number of furan rings is 1. The van der Waals surface area contributed by atoms with E-state index in [2.05, 4.69) is 6.58 Å². The van der Waals surface area contributed by atoms with E-state index in [0.717, 1.165) is 22.1 Å². The minimum atomic E-state index is -0.140. The molecule has 2 N–H and O–H groups in total. The average molecular weight is 187 g/mol. The molecule has 2 aromatic rings.